The van der Waals surface area contributed by atoms with Gasteiger partial charge < -0.3 is 5.73 Å². The molecule has 0 amide bonds. The number of hydrogen-bond donors (Lipinski definition) is 1. The molecule has 0 saturated carbocycles. The maximum Gasteiger partial charge on any atom is 0.0276 e. The number of nitrogens with zero attached hydrogens (tertiary/aromatic N) is 2. The minimum absolute atomic E-state index is 0.127. The molecule has 1 aromatic carbocycles. The van der Waals surface area contributed by atoms with Gasteiger partial charge in [-0.1, -0.05) is 17.7 Å². The van der Waals surface area contributed by atoms with E-state index in [9.17, 15) is 0 Å². The van der Waals surface area contributed by atoms with Crippen LogP contribution >= 0.6 is 0 Å². The Morgan fingerprint density at radius 1 is 1.00 bits per heavy atom. The fraction of sp³-hybridized carbons (Fsp3) is 0.667. The van der Waals surface area contributed by atoms with Crippen LogP contribution < -0.4 is 5.73 Å². The fourth-order valence-corrected chi connectivity index (χ4v) is 3.32. The molecule has 2 N–H and O–H groups in total. The fourth-order valence-electron chi connectivity index (χ4n) is 3.32. The summed E-state index contributed by atoms with van der Waals surface area (Å²) < 4.78 is 0. The topological polar surface area (TPSA) is 32.5 Å². The smallest absolute Gasteiger partial charge is 0.0276 e. The molecule has 0 spiro atoms. The van der Waals surface area contributed by atoms with Crippen LogP contribution in [0.3, 0.4) is 0 Å². The van der Waals surface area contributed by atoms with E-state index >= 15 is 0 Å². The molecule has 21 heavy (non-hydrogen) atoms. The third-order valence-corrected chi connectivity index (χ3v) is 4.95. The second-order valence-electron chi connectivity index (χ2n) is 7.16. The van der Waals surface area contributed by atoms with Gasteiger partial charge in [0, 0.05) is 44.8 Å². The van der Waals surface area contributed by atoms with E-state index in [4.69, 9.17) is 5.73 Å². The van der Waals surface area contributed by atoms with E-state index in [0.717, 1.165) is 39.3 Å². The molecule has 1 aliphatic rings. The zero-order chi connectivity index (χ0) is 15.6. The molecular weight excluding hydrogens is 258 g/mol. The molecule has 2 rings (SSSR count). The molecule has 1 aromatic rings. The summed E-state index contributed by atoms with van der Waals surface area (Å²) in [5.41, 5.74) is 11.7. The summed E-state index contributed by atoms with van der Waals surface area (Å²) in [5.74, 6) is 0. The van der Waals surface area contributed by atoms with Gasteiger partial charge in [0.2, 0.25) is 0 Å². The number of hydrogen-bond acceptors (Lipinski definition) is 3. The lowest BCUT2D eigenvalue weighted by atomic mass is 9.98. The zero-order valence-electron chi connectivity index (χ0n) is 14.4. The largest absolute Gasteiger partial charge is 0.329 e. The maximum atomic E-state index is 5.89. The average Bonchev–Trinajstić information content (AvgIpc) is 2.43. The quantitative estimate of drug-likeness (QED) is 0.924. The van der Waals surface area contributed by atoms with E-state index < -0.39 is 0 Å². The Bertz CT molecular complexity index is 462. The second kappa shape index (κ2) is 6.47. The van der Waals surface area contributed by atoms with Crippen LogP contribution in [-0.4, -0.2) is 48.1 Å². The Morgan fingerprint density at radius 2 is 1.52 bits per heavy atom. The van der Waals surface area contributed by atoms with Gasteiger partial charge in [0.1, 0.15) is 0 Å². The standard InChI is InChI=1S/C18H31N3/c1-14-10-15(2)17(16(3)11-14)12-20-6-8-21(9-7-20)18(4,5)13-19/h10-11H,6-9,12-13,19H2,1-5H3. The van der Waals surface area contributed by atoms with E-state index in [1.54, 1.807) is 0 Å². The average molecular weight is 289 g/mol. The minimum atomic E-state index is 0.127. The van der Waals surface area contributed by atoms with Gasteiger partial charge in [-0.25, -0.2) is 0 Å². The predicted octanol–water partition coefficient (Wildman–Crippen LogP) is 2.47. The molecule has 3 nitrogen and oxygen atoms in total. The summed E-state index contributed by atoms with van der Waals surface area (Å²) >= 11 is 0. The highest BCUT2D eigenvalue weighted by Gasteiger charge is 2.28. The van der Waals surface area contributed by atoms with Crippen molar-refractivity contribution in [3.63, 3.8) is 0 Å². The van der Waals surface area contributed by atoms with Gasteiger partial charge in [-0.2, -0.15) is 0 Å². The number of rotatable bonds is 4. The van der Waals surface area contributed by atoms with E-state index in [1.807, 2.05) is 0 Å². The lowest BCUT2D eigenvalue weighted by Crippen LogP contribution is -2.57. The van der Waals surface area contributed by atoms with E-state index in [0.29, 0.717) is 0 Å². The van der Waals surface area contributed by atoms with E-state index in [1.165, 1.54) is 22.3 Å². The summed E-state index contributed by atoms with van der Waals surface area (Å²) in [7, 11) is 0. The molecule has 1 saturated heterocycles. The van der Waals surface area contributed by atoms with E-state index in [2.05, 4.69) is 56.6 Å². The highest BCUT2D eigenvalue weighted by Crippen LogP contribution is 2.21. The lowest BCUT2D eigenvalue weighted by Gasteiger charge is -2.43. The van der Waals surface area contributed by atoms with Crippen LogP contribution in [0.4, 0.5) is 0 Å². The first-order valence-electron chi connectivity index (χ1n) is 8.07. The first-order chi connectivity index (χ1) is 9.83. The van der Waals surface area contributed by atoms with Gasteiger partial charge in [-0.15, -0.1) is 0 Å². The van der Waals surface area contributed by atoms with Gasteiger partial charge in [-0.3, -0.25) is 9.80 Å². The van der Waals surface area contributed by atoms with Crippen molar-refractivity contribution in [1.29, 1.82) is 0 Å². The van der Waals surface area contributed by atoms with E-state index in [-0.39, 0.29) is 5.54 Å². The molecule has 1 aliphatic heterocycles. The van der Waals surface area contributed by atoms with Crippen LogP contribution in [0.25, 0.3) is 0 Å². The Labute approximate surface area is 130 Å². The monoisotopic (exact) mass is 289 g/mol. The van der Waals surface area contributed by atoms with Gasteiger partial charge in [-0.05, 0) is 51.3 Å². The van der Waals surface area contributed by atoms with Crippen molar-refractivity contribution in [3.05, 3.63) is 34.4 Å². The number of aryl methyl sites for hydroxylation is 3. The molecule has 0 unspecified atom stereocenters. The molecule has 0 aliphatic carbocycles. The highest BCUT2D eigenvalue weighted by atomic mass is 15.3. The first-order valence-corrected chi connectivity index (χ1v) is 8.07. The minimum Gasteiger partial charge on any atom is -0.329 e. The number of piperazine rings is 1. The normalized spacial score (nSPS) is 18.2. The molecule has 0 atom stereocenters. The molecule has 1 fully saturated rings. The van der Waals surface area contributed by atoms with Crippen molar-refractivity contribution in [2.75, 3.05) is 32.7 Å². The summed E-state index contributed by atoms with van der Waals surface area (Å²) in [5, 5.41) is 0. The molecule has 118 valence electrons. The molecule has 0 radical (unpaired) electrons. The van der Waals surface area contributed by atoms with Crippen molar-refractivity contribution in [2.24, 2.45) is 5.73 Å². The third kappa shape index (κ3) is 3.85. The van der Waals surface area contributed by atoms with Crippen molar-refractivity contribution >= 4 is 0 Å². The van der Waals surface area contributed by atoms with Crippen molar-refractivity contribution in [3.8, 4) is 0 Å². The zero-order valence-corrected chi connectivity index (χ0v) is 14.4. The second-order valence-corrected chi connectivity index (χ2v) is 7.16. The van der Waals surface area contributed by atoms with Crippen LogP contribution in [0.2, 0.25) is 0 Å². The molecular formula is C18H31N3. The van der Waals surface area contributed by atoms with Gasteiger partial charge in [0.25, 0.3) is 0 Å². The summed E-state index contributed by atoms with van der Waals surface area (Å²) in [4.78, 5) is 5.10. The summed E-state index contributed by atoms with van der Waals surface area (Å²) in [6.45, 7) is 17.5. The third-order valence-electron chi connectivity index (χ3n) is 4.95. The molecule has 3 heteroatoms. The Hall–Kier alpha value is -0.900. The first kappa shape index (κ1) is 16.5. The maximum absolute atomic E-state index is 5.89. The lowest BCUT2D eigenvalue weighted by molar-refractivity contribution is 0.0536. The molecule has 0 bridgehead atoms. The summed E-state index contributed by atoms with van der Waals surface area (Å²) in [6.07, 6.45) is 0. The van der Waals surface area contributed by atoms with Crippen LogP contribution in [0.15, 0.2) is 12.1 Å². The Kier molecular flexibility index (Phi) is 5.07. The van der Waals surface area contributed by atoms with Crippen molar-refractivity contribution in [2.45, 2.75) is 46.7 Å². The van der Waals surface area contributed by atoms with Crippen LogP contribution in [0, 0.1) is 20.8 Å². The van der Waals surface area contributed by atoms with Crippen molar-refractivity contribution in [1.82, 2.24) is 9.80 Å². The summed E-state index contributed by atoms with van der Waals surface area (Å²) in [6, 6.07) is 4.60. The van der Waals surface area contributed by atoms with Crippen molar-refractivity contribution < 1.29 is 0 Å². The highest BCUT2D eigenvalue weighted by molar-refractivity contribution is 5.37. The van der Waals surface area contributed by atoms with Crippen LogP contribution in [0.5, 0.6) is 0 Å². The predicted molar refractivity (Wildman–Crippen MR) is 90.6 cm³/mol. The van der Waals surface area contributed by atoms with Gasteiger partial charge >= 0.3 is 0 Å². The van der Waals surface area contributed by atoms with Crippen LogP contribution in [0.1, 0.15) is 36.1 Å². The number of benzene rings is 1. The number of nitrogens with two attached hydrogens (primary N) is 1. The van der Waals surface area contributed by atoms with Gasteiger partial charge in [0.15, 0.2) is 0 Å². The Morgan fingerprint density at radius 3 is 2.00 bits per heavy atom. The van der Waals surface area contributed by atoms with Crippen LogP contribution in [-0.2, 0) is 6.54 Å². The molecule has 1 heterocycles. The SMILES string of the molecule is Cc1cc(C)c(CN2CCN(C(C)(C)CN)CC2)c(C)c1. The molecule has 0 aromatic heterocycles. The Balaban J connectivity index is 1.98. The van der Waals surface area contributed by atoms with Gasteiger partial charge in [0.05, 0.1) is 0 Å².